The standard InChI is InChI=1S/C69H76O2/c1-8-10-52(4)45-47-70-66-41-37-64(38-42-66)68-50-61(32-35-62(68)33-29-57-19-15-55(7)16-20-57)28-26-58-21-23-59(24-22-58)30-34-63-36-31-60(27-25-56-17-13-54(6)14-18-56)49-69(63)65-39-43-67(44-40-65)71-48-46-53(5)12-9-11-51(2)3/h13-44,49-53H,8-12,45-48H2,1-7H3. The van der Waals surface area contributed by atoms with Gasteiger partial charge in [0.2, 0.25) is 0 Å². The van der Waals surface area contributed by atoms with Gasteiger partial charge >= 0.3 is 0 Å². The fraction of sp³-hybridized carbons (Fsp3) is 0.275. The van der Waals surface area contributed by atoms with E-state index in [1.807, 2.05) is 0 Å². The SMILES string of the molecule is CCCC(C)CCOc1ccc(-c2cc(C=Cc3ccc(C=Cc4ccc(C=Cc5ccc(C)cc5)cc4-c4ccc(OCCC(C)CCCC(C)C)cc4)cc3)ccc2C=Cc2ccc(C)cc2)cc1. The van der Waals surface area contributed by atoms with Gasteiger partial charge in [0.1, 0.15) is 11.5 Å². The third kappa shape index (κ3) is 16.9. The van der Waals surface area contributed by atoms with Gasteiger partial charge in [-0.3, -0.25) is 0 Å². The van der Waals surface area contributed by atoms with E-state index in [0.717, 1.165) is 82.4 Å². The summed E-state index contributed by atoms with van der Waals surface area (Å²) in [4.78, 5) is 0. The minimum Gasteiger partial charge on any atom is -0.494 e. The minimum absolute atomic E-state index is 0.672. The van der Waals surface area contributed by atoms with Gasteiger partial charge in [0, 0.05) is 0 Å². The van der Waals surface area contributed by atoms with Gasteiger partial charge in [-0.15, -0.1) is 0 Å². The molecule has 0 radical (unpaired) electrons. The summed E-state index contributed by atoms with van der Waals surface area (Å²) in [6, 6.07) is 56.8. The summed E-state index contributed by atoms with van der Waals surface area (Å²) in [6.07, 6.45) is 26.2. The molecule has 2 nitrogen and oxygen atoms in total. The van der Waals surface area contributed by atoms with Crippen molar-refractivity contribution in [3.63, 3.8) is 0 Å². The summed E-state index contributed by atoms with van der Waals surface area (Å²) in [5.74, 6) is 3.96. The van der Waals surface area contributed by atoms with Crippen LogP contribution in [-0.2, 0) is 0 Å². The van der Waals surface area contributed by atoms with Crippen LogP contribution in [0.2, 0.25) is 0 Å². The Bertz CT molecular complexity index is 2820. The van der Waals surface area contributed by atoms with Crippen LogP contribution >= 0.6 is 0 Å². The van der Waals surface area contributed by atoms with Crippen molar-refractivity contribution in [1.29, 1.82) is 0 Å². The normalized spacial score (nSPS) is 12.7. The van der Waals surface area contributed by atoms with E-state index in [1.165, 1.54) is 71.0 Å². The molecule has 7 rings (SSSR count). The van der Waals surface area contributed by atoms with Gasteiger partial charge < -0.3 is 9.47 Å². The second-order valence-electron chi connectivity index (χ2n) is 20.2. The molecule has 0 N–H and O–H groups in total. The molecular formula is C69H76O2. The van der Waals surface area contributed by atoms with Crippen LogP contribution < -0.4 is 9.47 Å². The molecule has 0 bridgehead atoms. The maximum atomic E-state index is 6.24. The fourth-order valence-electron chi connectivity index (χ4n) is 8.85. The largest absolute Gasteiger partial charge is 0.494 e. The van der Waals surface area contributed by atoms with E-state index in [2.05, 4.69) is 255 Å². The number of aryl methyl sites for hydroxylation is 2. The number of rotatable bonds is 24. The van der Waals surface area contributed by atoms with Gasteiger partial charge in [0.25, 0.3) is 0 Å². The van der Waals surface area contributed by atoms with Gasteiger partial charge in [-0.2, -0.15) is 0 Å². The first-order chi connectivity index (χ1) is 34.6. The summed E-state index contributed by atoms with van der Waals surface area (Å²) in [6.45, 7) is 17.3. The maximum absolute atomic E-state index is 6.24. The number of hydrogen-bond acceptors (Lipinski definition) is 2. The zero-order valence-corrected chi connectivity index (χ0v) is 43.5. The van der Waals surface area contributed by atoms with Crippen LogP contribution in [0.25, 0.3) is 70.9 Å². The van der Waals surface area contributed by atoms with Gasteiger partial charge in [0.05, 0.1) is 13.2 Å². The molecule has 0 saturated heterocycles. The van der Waals surface area contributed by atoms with Gasteiger partial charge in [-0.05, 0) is 148 Å². The molecule has 0 aliphatic carbocycles. The third-order valence-corrected chi connectivity index (χ3v) is 13.4. The Morgan fingerprint density at radius 1 is 0.366 bits per heavy atom. The zero-order chi connectivity index (χ0) is 49.8. The van der Waals surface area contributed by atoms with Crippen molar-refractivity contribution in [1.82, 2.24) is 0 Å². The third-order valence-electron chi connectivity index (χ3n) is 13.4. The zero-order valence-electron chi connectivity index (χ0n) is 43.5. The first-order valence-corrected chi connectivity index (χ1v) is 26.3. The highest BCUT2D eigenvalue weighted by Gasteiger charge is 2.10. The fourth-order valence-corrected chi connectivity index (χ4v) is 8.85. The van der Waals surface area contributed by atoms with E-state index in [1.54, 1.807) is 0 Å². The van der Waals surface area contributed by atoms with E-state index in [-0.39, 0.29) is 0 Å². The molecule has 0 amide bonds. The van der Waals surface area contributed by atoms with E-state index >= 15 is 0 Å². The quantitative estimate of drug-likeness (QED) is 0.0562. The predicted octanol–water partition coefficient (Wildman–Crippen LogP) is 19.8. The van der Waals surface area contributed by atoms with Crippen molar-refractivity contribution in [2.75, 3.05) is 13.2 Å². The summed E-state index contributed by atoms with van der Waals surface area (Å²) in [5, 5.41) is 0. The second kappa shape index (κ2) is 26.9. The molecule has 7 aromatic rings. The molecule has 0 aromatic heterocycles. The molecule has 0 spiro atoms. The highest BCUT2D eigenvalue weighted by molar-refractivity contribution is 5.86. The Labute approximate surface area is 427 Å². The number of hydrogen-bond donors (Lipinski definition) is 0. The Morgan fingerprint density at radius 3 is 1.11 bits per heavy atom. The van der Waals surface area contributed by atoms with Crippen LogP contribution in [-0.4, -0.2) is 13.2 Å². The van der Waals surface area contributed by atoms with Crippen molar-refractivity contribution >= 4 is 48.6 Å². The molecule has 2 atom stereocenters. The van der Waals surface area contributed by atoms with Crippen LogP contribution in [0, 0.1) is 31.6 Å². The van der Waals surface area contributed by atoms with Crippen LogP contribution in [0.15, 0.2) is 158 Å². The molecule has 71 heavy (non-hydrogen) atoms. The van der Waals surface area contributed by atoms with E-state index < -0.39 is 0 Å². The average molecular weight is 937 g/mol. The van der Waals surface area contributed by atoms with E-state index in [0.29, 0.717) is 11.8 Å². The summed E-state index contributed by atoms with van der Waals surface area (Å²) in [5.41, 5.74) is 16.5. The van der Waals surface area contributed by atoms with Crippen molar-refractivity contribution in [3.8, 4) is 33.8 Å². The van der Waals surface area contributed by atoms with E-state index in [9.17, 15) is 0 Å². The van der Waals surface area contributed by atoms with E-state index in [4.69, 9.17) is 9.47 Å². The van der Waals surface area contributed by atoms with Crippen LogP contribution in [0.3, 0.4) is 0 Å². The molecular weight excluding hydrogens is 861 g/mol. The van der Waals surface area contributed by atoms with Crippen LogP contribution in [0.4, 0.5) is 0 Å². The Balaban J connectivity index is 1.06. The molecule has 364 valence electrons. The Morgan fingerprint density at radius 2 is 0.718 bits per heavy atom. The summed E-state index contributed by atoms with van der Waals surface area (Å²) in [7, 11) is 0. The summed E-state index contributed by atoms with van der Waals surface area (Å²) < 4.78 is 12.4. The highest BCUT2D eigenvalue weighted by Crippen LogP contribution is 2.32. The molecule has 0 aliphatic heterocycles. The lowest BCUT2D eigenvalue weighted by Crippen LogP contribution is -2.04. The molecule has 0 saturated carbocycles. The van der Waals surface area contributed by atoms with Crippen molar-refractivity contribution in [2.24, 2.45) is 17.8 Å². The molecule has 2 unspecified atom stereocenters. The van der Waals surface area contributed by atoms with Gasteiger partial charge in [-0.1, -0.05) is 248 Å². The molecule has 2 heteroatoms. The molecule has 0 fully saturated rings. The topological polar surface area (TPSA) is 18.5 Å². The average Bonchev–Trinajstić information content (AvgIpc) is 3.38. The lowest BCUT2D eigenvalue weighted by atomic mass is 9.95. The van der Waals surface area contributed by atoms with Crippen LogP contribution in [0.5, 0.6) is 11.5 Å². The lowest BCUT2D eigenvalue weighted by Gasteiger charge is -2.14. The lowest BCUT2D eigenvalue weighted by molar-refractivity contribution is 0.276. The highest BCUT2D eigenvalue weighted by atomic mass is 16.5. The Kier molecular flexibility index (Phi) is 19.7. The predicted molar refractivity (Wildman–Crippen MR) is 310 cm³/mol. The minimum atomic E-state index is 0.672. The van der Waals surface area contributed by atoms with Crippen LogP contribution in [0.1, 0.15) is 135 Å². The Hall–Kier alpha value is -6.90. The number of ether oxygens (including phenoxy) is 2. The maximum Gasteiger partial charge on any atom is 0.119 e. The van der Waals surface area contributed by atoms with Gasteiger partial charge in [0.15, 0.2) is 0 Å². The monoisotopic (exact) mass is 937 g/mol. The van der Waals surface area contributed by atoms with Crippen molar-refractivity contribution in [3.05, 3.63) is 213 Å². The molecule has 0 aliphatic rings. The first kappa shape index (κ1) is 51.9. The second-order valence-corrected chi connectivity index (χ2v) is 20.2. The number of benzene rings is 7. The van der Waals surface area contributed by atoms with Crippen molar-refractivity contribution < 1.29 is 9.47 Å². The smallest absolute Gasteiger partial charge is 0.119 e. The van der Waals surface area contributed by atoms with Gasteiger partial charge in [-0.25, -0.2) is 0 Å². The van der Waals surface area contributed by atoms with Crippen molar-refractivity contribution in [2.45, 2.75) is 93.4 Å². The molecule has 0 heterocycles. The molecule has 7 aromatic carbocycles. The summed E-state index contributed by atoms with van der Waals surface area (Å²) >= 11 is 0. The first-order valence-electron chi connectivity index (χ1n) is 26.3.